The molecule has 0 aromatic heterocycles. The molecule has 3 rings (SSSR count). The Kier molecular flexibility index (Phi) is 3.19. The molecule has 112 valence electrons. The Morgan fingerprint density at radius 3 is 2.38 bits per heavy atom. The van der Waals surface area contributed by atoms with Gasteiger partial charge >= 0.3 is 7.12 Å². The Morgan fingerprint density at radius 1 is 1.19 bits per heavy atom. The molecule has 2 aliphatic rings. The van der Waals surface area contributed by atoms with Gasteiger partial charge in [0.2, 0.25) is 5.91 Å². The van der Waals surface area contributed by atoms with Crippen LogP contribution in [0, 0.1) is 0 Å². The molecule has 0 bridgehead atoms. The van der Waals surface area contributed by atoms with E-state index in [9.17, 15) is 4.79 Å². The van der Waals surface area contributed by atoms with Crippen LogP contribution in [-0.4, -0.2) is 30.8 Å². The maximum Gasteiger partial charge on any atom is 0.494 e. The zero-order valence-corrected chi connectivity index (χ0v) is 13.4. The smallest absolute Gasteiger partial charge is 0.399 e. The molecule has 21 heavy (non-hydrogen) atoms. The zero-order chi connectivity index (χ0) is 15.4. The monoisotopic (exact) mass is 287 g/mol. The van der Waals surface area contributed by atoms with Crippen LogP contribution in [0.4, 0.5) is 5.69 Å². The van der Waals surface area contributed by atoms with E-state index in [1.165, 1.54) is 5.56 Å². The summed E-state index contributed by atoms with van der Waals surface area (Å²) in [5.41, 5.74) is 2.48. The maximum atomic E-state index is 11.7. The van der Waals surface area contributed by atoms with E-state index in [1.54, 1.807) is 6.92 Å². The van der Waals surface area contributed by atoms with Gasteiger partial charge in [-0.05, 0) is 51.2 Å². The Morgan fingerprint density at radius 2 is 1.81 bits per heavy atom. The number of anilines is 1. The van der Waals surface area contributed by atoms with Crippen molar-refractivity contribution in [2.24, 2.45) is 0 Å². The van der Waals surface area contributed by atoms with E-state index in [0.717, 1.165) is 24.1 Å². The molecule has 1 aromatic rings. The lowest BCUT2D eigenvalue weighted by Gasteiger charge is -2.32. The standard InChI is InChI=1S/C16H22BNO3/c1-11(19)18-9-8-12-6-7-13(10-14(12)18)17-20-15(2,3)16(4,5)21-17/h6-7,10H,8-9H2,1-5H3. The lowest BCUT2D eigenvalue weighted by atomic mass is 9.78. The number of hydrogen-bond donors (Lipinski definition) is 0. The highest BCUT2D eigenvalue weighted by molar-refractivity contribution is 6.62. The predicted octanol–water partition coefficient (Wildman–Crippen LogP) is 1.89. The summed E-state index contributed by atoms with van der Waals surface area (Å²) in [5.74, 6) is 0.0832. The molecule has 0 spiro atoms. The molecular formula is C16H22BNO3. The van der Waals surface area contributed by atoms with Gasteiger partial charge < -0.3 is 14.2 Å². The molecule has 0 radical (unpaired) electrons. The number of rotatable bonds is 1. The quantitative estimate of drug-likeness (QED) is 0.740. The number of hydrogen-bond acceptors (Lipinski definition) is 3. The van der Waals surface area contributed by atoms with Crippen molar-refractivity contribution >= 4 is 24.2 Å². The summed E-state index contributed by atoms with van der Waals surface area (Å²) in [4.78, 5) is 13.5. The van der Waals surface area contributed by atoms with E-state index in [0.29, 0.717) is 0 Å². The summed E-state index contributed by atoms with van der Waals surface area (Å²) < 4.78 is 12.2. The van der Waals surface area contributed by atoms with Gasteiger partial charge in [-0.1, -0.05) is 12.1 Å². The first-order valence-corrected chi connectivity index (χ1v) is 7.48. The van der Waals surface area contributed by atoms with E-state index in [2.05, 4.69) is 6.07 Å². The van der Waals surface area contributed by atoms with Crippen molar-refractivity contribution in [1.29, 1.82) is 0 Å². The summed E-state index contributed by atoms with van der Waals surface area (Å²) in [6.45, 7) is 10.5. The van der Waals surface area contributed by atoms with Crippen molar-refractivity contribution in [2.75, 3.05) is 11.4 Å². The summed E-state index contributed by atoms with van der Waals surface area (Å²) in [6, 6.07) is 6.16. The van der Waals surface area contributed by atoms with Crippen molar-refractivity contribution < 1.29 is 14.1 Å². The van der Waals surface area contributed by atoms with Gasteiger partial charge in [-0.25, -0.2) is 0 Å². The third kappa shape index (κ3) is 2.28. The van der Waals surface area contributed by atoms with Gasteiger partial charge in [-0.3, -0.25) is 4.79 Å². The highest BCUT2D eigenvalue weighted by Crippen LogP contribution is 2.37. The average Bonchev–Trinajstić information content (AvgIpc) is 2.87. The van der Waals surface area contributed by atoms with Crippen molar-refractivity contribution in [3.63, 3.8) is 0 Å². The fourth-order valence-electron chi connectivity index (χ4n) is 2.85. The van der Waals surface area contributed by atoms with Gasteiger partial charge in [0.15, 0.2) is 0 Å². The fraction of sp³-hybridized carbons (Fsp3) is 0.562. The molecule has 5 heteroatoms. The molecule has 0 atom stereocenters. The van der Waals surface area contributed by atoms with Crippen LogP contribution in [0.15, 0.2) is 18.2 Å². The lowest BCUT2D eigenvalue weighted by molar-refractivity contribution is -0.116. The Balaban J connectivity index is 1.92. The van der Waals surface area contributed by atoms with Crippen LogP contribution in [-0.2, 0) is 20.5 Å². The molecular weight excluding hydrogens is 265 g/mol. The molecule has 0 N–H and O–H groups in total. The Hall–Kier alpha value is -1.33. The summed E-state index contributed by atoms with van der Waals surface area (Å²) in [6.07, 6.45) is 0.915. The zero-order valence-electron chi connectivity index (χ0n) is 13.4. The first-order chi connectivity index (χ1) is 9.71. The SMILES string of the molecule is CC(=O)N1CCc2ccc(B3OC(C)(C)C(C)(C)O3)cc21. The van der Waals surface area contributed by atoms with E-state index >= 15 is 0 Å². The van der Waals surface area contributed by atoms with E-state index < -0.39 is 0 Å². The second-order valence-corrected chi connectivity index (χ2v) is 6.90. The average molecular weight is 287 g/mol. The minimum absolute atomic E-state index is 0.0832. The van der Waals surface area contributed by atoms with E-state index in [-0.39, 0.29) is 24.2 Å². The number of nitrogens with zero attached hydrogens (tertiary/aromatic N) is 1. The minimum atomic E-state index is -0.380. The van der Waals surface area contributed by atoms with Crippen LogP contribution in [0.25, 0.3) is 0 Å². The molecule has 0 aliphatic carbocycles. The topological polar surface area (TPSA) is 38.8 Å². The van der Waals surface area contributed by atoms with Crippen molar-refractivity contribution in [2.45, 2.75) is 52.2 Å². The molecule has 1 amide bonds. The van der Waals surface area contributed by atoms with Gasteiger partial charge in [0.25, 0.3) is 0 Å². The highest BCUT2D eigenvalue weighted by Gasteiger charge is 2.51. The number of fused-ring (bicyclic) bond motifs is 1. The molecule has 1 fully saturated rings. The molecule has 0 saturated carbocycles. The number of benzene rings is 1. The van der Waals surface area contributed by atoms with Crippen LogP contribution in [0.5, 0.6) is 0 Å². The van der Waals surface area contributed by atoms with E-state index in [4.69, 9.17) is 9.31 Å². The summed E-state index contributed by atoms with van der Waals surface area (Å²) >= 11 is 0. The normalized spacial score (nSPS) is 22.5. The maximum absolute atomic E-state index is 11.7. The van der Waals surface area contributed by atoms with Crippen molar-refractivity contribution in [3.05, 3.63) is 23.8 Å². The van der Waals surface area contributed by atoms with Gasteiger partial charge in [-0.2, -0.15) is 0 Å². The number of carbonyl (C=O) groups excluding carboxylic acids is 1. The first kappa shape index (κ1) is 14.6. The van der Waals surface area contributed by atoms with E-state index in [1.807, 2.05) is 44.7 Å². The van der Waals surface area contributed by atoms with Gasteiger partial charge in [0.1, 0.15) is 0 Å². The first-order valence-electron chi connectivity index (χ1n) is 7.48. The van der Waals surface area contributed by atoms with Crippen LogP contribution >= 0.6 is 0 Å². The molecule has 0 unspecified atom stereocenters. The molecule has 2 heterocycles. The number of amides is 1. The Labute approximate surface area is 126 Å². The van der Waals surface area contributed by atoms with Gasteiger partial charge in [-0.15, -0.1) is 0 Å². The fourth-order valence-corrected chi connectivity index (χ4v) is 2.85. The van der Waals surface area contributed by atoms with Crippen LogP contribution in [0.3, 0.4) is 0 Å². The van der Waals surface area contributed by atoms with Gasteiger partial charge in [0.05, 0.1) is 11.2 Å². The lowest BCUT2D eigenvalue weighted by Crippen LogP contribution is -2.41. The molecule has 1 aromatic carbocycles. The highest BCUT2D eigenvalue weighted by atomic mass is 16.7. The minimum Gasteiger partial charge on any atom is -0.399 e. The third-order valence-electron chi connectivity index (χ3n) is 4.91. The molecule has 4 nitrogen and oxygen atoms in total. The van der Waals surface area contributed by atoms with Crippen molar-refractivity contribution in [1.82, 2.24) is 0 Å². The predicted molar refractivity (Wildman–Crippen MR) is 83.9 cm³/mol. The largest absolute Gasteiger partial charge is 0.494 e. The second kappa shape index (κ2) is 4.58. The summed E-state index contributed by atoms with van der Waals surface area (Å²) in [5, 5.41) is 0. The van der Waals surface area contributed by atoms with Crippen molar-refractivity contribution in [3.8, 4) is 0 Å². The summed E-state index contributed by atoms with van der Waals surface area (Å²) in [7, 11) is -0.380. The van der Waals surface area contributed by atoms with Crippen LogP contribution in [0.1, 0.15) is 40.2 Å². The molecule has 1 saturated heterocycles. The van der Waals surface area contributed by atoms with Crippen LogP contribution in [0.2, 0.25) is 0 Å². The van der Waals surface area contributed by atoms with Crippen LogP contribution < -0.4 is 10.4 Å². The molecule has 2 aliphatic heterocycles. The Bertz CT molecular complexity index is 581. The van der Waals surface area contributed by atoms with Gasteiger partial charge in [0, 0.05) is 19.2 Å². The second-order valence-electron chi connectivity index (χ2n) is 6.90. The third-order valence-corrected chi connectivity index (χ3v) is 4.91. The number of carbonyl (C=O) groups is 1.